The normalized spacial score (nSPS) is 15.9. The summed E-state index contributed by atoms with van der Waals surface area (Å²) in [6.07, 6.45) is 2.08. The molecule has 4 nitrogen and oxygen atoms in total. The molecule has 0 heterocycles. The molecule has 98 valence electrons. The van der Waals surface area contributed by atoms with Gasteiger partial charge in [0.25, 0.3) is 0 Å². The van der Waals surface area contributed by atoms with Crippen LogP contribution in [0.3, 0.4) is 0 Å². The molecule has 0 saturated heterocycles. The van der Waals surface area contributed by atoms with Crippen LogP contribution in [0.15, 0.2) is 18.2 Å². The fourth-order valence-corrected chi connectivity index (χ4v) is 1.82. The molecular formula is C13H16ClNO3. The van der Waals surface area contributed by atoms with Gasteiger partial charge in [-0.2, -0.15) is 0 Å². The topological polar surface area (TPSA) is 47.6 Å². The van der Waals surface area contributed by atoms with E-state index in [0.717, 1.165) is 12.8 Å². The van der Waals surface area contributed by atoms with Crippen LogP contribution in [0.5, 0.6) is 11.5 Å². The first-order valence-electron chi connectivity index (χ1n) is 5.81. The number of nitrogens with one attached hydrogen (secondary N) is 1. The SMILES string of the molecule is COc1cc(OC)cc(C(Cl)C(=O)NC2CC2)c1. The summed E-state index contributed by atoms with van der Waals surface area (Å²) in [6, 6.07) is 5.52. The highest BCUT2D eigenvalue weighted by molar-refractivity contribution is 6.30. The van der Waals surface area contributed by atoms with Gasteiger partial charge in [0.15, 0.2) is 0 Å². The Morgan fingerprint density at radius 1 is 1.28 bits per heavy atom. The lowest BCUT2D eigenvalue weighted by molar-refractivity contribution is -0.121. The predicted octanol–water partition coefficient (Wildman–Crippen LogP) is 2.26. The summed E-state index contributed by atoms with van der Waals surface area (Å²) in [5, 5.41) is 2.15. The second kappa shape index (κ2) is 5.48. The molecule has 1 saturated carbocycles. The zero-order chi connectivity index (χ0) is 13.1. The van der Waals surface area contributed by atoms with E-state index in [9.17, 15) is 4.79 Å². The molecule has 18 heavy (non-hydrogen) atoms. The van der Waals surface area contributed by atoms with Crippen LogP contribution in [-0.4, -0.2) is 26.2 Å². The Kier molecular flexibility index (Phi) is 3.97. The molecule has 1 fully saturated rings. The van der Waals surface area contributed by atoms with E-state index in [0.29, 0.717) is 23.1 Å². The maximum atomic E-state index is 11.9. The average Bonchev–Trinajstić information content (AvgIpc) is 3.20. The third-order valence-electron chi connectivity index (χ3n) is 2.82. The number of ether oxygens (including phenoxy) is 2. The Hall–Kier alpha value is -1.42. The first-order chi connectivity index (χ1) is 8.63. The van der Waals surface area contributed by atoms with Gasteiger partial charge < -0.3 is 14.8 Å². The molecule has 1 aliphatic rings. The highest BCUT2D eigenvalue weighted by Gasteiger charge is 2.27. The average molecular weight is 270 g/mol. The van der Waals surface area contributed by atoms with Gasteiger partial charge in [0.05, 0.1) is 14.2 Å². The monoisotopic (exact) mass is 269 g/mol. The lowest BCUT2D eigenvalue weighted by atomic mass is 10.1. The zero-order valence-corrected chi connectivity index (χ0v) is 11.2. The number of methoxy groups -OCH3 is 2. The largest absolute Gasteiger partial charge is 0.497 e. The van der Waals surface area contributed by atoms with Crippen LogP contribution in [0.4, 0.5) is 0 Å². The van der Waals surface area contributed by atoms with Gasteiger partial charge in [-0.3, -0.25) is 4.79 Å². The van der Waals surface area contributed by atoms with Crippen molar-refractivity contribution in [3.8, 4) is 11.5 Å². The van der Waals surface area contributed by atoms with E-state index in [4.69, 9.17) is 21.1 Å². The van der Waals surface area contributed by atoms with E-state index >= 15 is 0 Å². The van der Waals surface area contributed by atoms with Crippen molar-refractivity contribution >= 4 is 17.5 Å². The summed E-state index contributed by atoms with van der Waals surface area (Å²) in [5.74, 6) is 1.07. The van der Waals surface area contributed by atoms with Crippen LogP contribution in [0.2, 0.25) is 0 Å². The van der Waals surface area contributed by atoms with E-state index in [1.54, 1.807) is 32.4 Å². The maximum absolute atomic E-state index is 11.9. The van der Waals surface area contributed by atoms with Crippen LogP contribution < -0.4 is 14.8 Å². The summed E-state index contributed by atoms with van der Waals surface area (Å²) >= 11 is 6.16. The second-order valence-electron chi connectivity index (χ2n) is 4.29. The molecule has 5 heteroatoms. The Balaban J connectivity index is 2.16. The highest BCUT2D eigenvalue weighted by Crippen LogP contribution is 2.30. The standard InChI is InChI=1S/C13H16ClNO3/c1-17-10-5-8(6-11(7-10)18-2)12(14)13(16)15-9-3-4-9/h5-7,9,12H,3-4H2,1-2H3,(H,15,16). The van der Waals surface area contributed by atoms with Gasteiger partial charge in [-0.1, -0.05) is 0 Å². The minimum atomic E-state index is -0.727. The molecule has 1 N–H and O–H groups in total. The Morgan fingerprint density at radius 3 is 2.28 bits per heavy atom. The number of rotatable bonds is 5. The summed E-state index contributed by atoms with van der Waals surface area (Å²) in [6.45, 7) is 0. The number of carbonyl (C=O) groups is 1. The molecule has 1 amide bonds. The maximum Gasteiger partial charge on any atom is 0.242 e. The van der Waals surface area contributed by atoms with Crippen molar-refractivity contribution in [1.82, 2.24) is 5.32 Å². The Morgan fingerprint density at radius 2 is 1.83 bits per heavy atom. The highest BCUT2D eigenvalue weighted by atomic mass is 35.5. The van der Waals surface area contributed by atoms with Gasteiger partial charge in [-0.15, -0.1) is 11.6 Å². The first kappa shape index (κ1) is 13.0. The van der Waals surface area contributed by atoms with Crippen LogP contribution in [0.1, 0.15) is 23.8 Å². The Bertz CT molecular complexity index is 424. The van der Waals surface area contributed by atoms with Crippen molar-refractivity contribution in [1.29, 1.82) is 0 Å². The van der Waals surface area contributed by atoms with Crippen LogP contribution in [0.25, 0.3) is 0 Å². The van der Waals surface area contributed by atoms with Gasteiger partial charge in [0.1, 0.15) is 16.9 Å². The molecular weight excluding hydrogens is 254 g/mol. The molecule has 1 aromatic carbocycles. The van der Waals surface area contributed by atoms with Crippen molar-refractivity contribution in [3.63, 3.8) is 0 Å². The van der Waals surface area contributed by atoms with Gasteiger partial charge in [0, 0.05) is 12.1 Å². The smallest absolute Gasteiger partial charge is 0.242 e. The van der Waals surface area contributed by atoms with Gasteiger partial charge >= 0.3 is 0 Å². The summed E-state index contributed by atoms with van der Waals surface area (Å²) in [4.78, 5) is 11.9. The van der Waals surface area contributed by atoms with Gasteiger partial charge in [-0.25, -0.2) is 0 Å². The number of alkyl halides is 1. The van der Waals surface area contributed by atoms with Crippen LogP contribution in [0, 0.1) is 0 Å². The minimum Gasteiger partial charge on any atom is -0.497 e. The minimum absolute atomic E-state index is 0.172. The van der Waals surface area contributed by atoms with E-state index in [2.05, 4.69) is 5.32 Å². The summed E-state index contributed by atoms with van der Waals surface area (Å²) in [5.41, 5.74) is 0.672. The molecule has 0 aliphatic heterocycles. The molecule has 1 aliphatic carbocycles. The molecule has 0 radical (unpaired) electrons. The molecule has 0 bridgehead atoms. The fraction of sp³-hybridized carbons (Fsp3) is 0.462. The molecule has 1 aromatic rings. The van der Waals surface area contributed by atoms with Crippen molar-refractivity contribution in [2.45, 2.75) is 24.3 Å². The summed E-state index contributed by atoms with van der Waals surface area (Å²) < 4.78 is 10.3. The van der Waals surface area contributed by atoms with E-state index in [1.165, 1.54) is 0 Å². The van der Waals surface area contributed by atoms with E-state index in [1.807, 2.05) is 0 Å². The van der Waals surface area contributed by atoms with Crippen LogP contribution >= 0.6 is 11.6 Å². The van der Waals surface area contributed by atoms with Crippen LogP contribution in [-0.2, 0) is 4.79 Å². The van der Waals surface area contributed by atoms with Crippen molar-refractivity contribution in [3.05, 3.63) is 23.8 Å². The first-order valence-corrected chi connectivity index (χ1v) is 6.25. The quantitative estimate of drug-likeness (QED) is 0.834. The van der Waals surface area contributed by atoms with E-state index < -0.39 is 5.38 Å². The summed E-state index contributed by atoms with van der Waals surface area (Å²) in [7, 11) is 3.12. The van der Waals surface area contributed by atoms with Gasteiger partial charge in [0.2, 0.25) is 5.91 Å². The van der Waals surface area contributed by atoms with Crippen molar-refractivity contribution < 1.29 is 14.3 Å². The van der Waals surface area contributed by atoms with Crippen molar-refractivity contribution in [2.75, 3.05) is 14.2 Å². The Labute approximate surface area is 111 Å². The second-order valence-corrected chi connectivity index (χ2v) is 4.73. The van der Waals surface area contributed by atoms with Gasteiger partial charge in [-0.05, 0) is 30.5 Å². The molecule has 0 aromatic heterocycles. The fourth-order valence-electron chi connectivity index (χ4n) is 1.63. The predicted molar refractivity (Wildman–Crippen MR) is 69.3 cm³/mol. The lowest BCUT2D eigenvalue weighted by Gasteiger charge is -2.13. The molecule has 2 rings (SSSR count). The van der Waals surface area contributed by atoms with Crippen molar-refractivity contribution in [2.24, 2.45) is 0 Å². The zero-order valence-electron chi connectivity index (χ0n) is 10.4. The number of hydrogen-bond acceptors (Lipinski definition) is 3. The number of carbonyl (C=O) groups excluding carboxylic acids is 1. The third kappa shape index (κ3) is 3.07. The number of amides is 1. The number of benzene rings is 1. The molecule has 1 atom stereocenters. The molecule has 1 unspecified atom stereocenters. The number of hydrogen-bond donors (Lipinski definition) is 1. The third-order valence-corrected chi connectivity index (χ3v) is 3.27. The van der Waals surface area contributed by atoms with E-state index in [-0.39, 0.29) is 5.91 Å². The number of halogens is 1. The lowest BCUT2D eigenvalue weighted by Crippen LogP contribution is -2.28. The molecule has 0 spiro atoms.